The maximum atomic E-state index is 12.0. The third-order valence-electron chi connectivity index (χ3n) is 3.78. The zero-order chi connectivity index (χ0) is 16.2. The van der Waals surface area contributed by atoms with Crippen LogP contribution in [0.2, 0.25) is 0 Å². The van der Waals surface area contributed by atoms with Gasteiger partial charge >= 0.3 is 0 Å². The Labute approximate surface area is 134 Å². The maximum absolute atomic E-state index is 12.0. The van der Waals surface area contributed by atoms with Gasteiger partial charge in [0, 0.05) is 7.05 Å². The first-order valence-corrected chi connectivity index (χ1v) is 7.43. The number of imidazole rings is 1. The van der Waals surface area contributed by atoms with Gasteiger partial charge in [-0.3, -0.25) is 4.79 Å². The van der Waals surface area contributed by atoms with Crippen molar-refractivity contribution in [3.63, 3.8) is 0 Å². The fourth-order valence-corrected chi connectivity index (χ4v) is 2.44. The Balaban J connectivity index is 1.67. The number of aryl methyl sites for hydroxylation is 2. The van der Waals surface area contributed by atoms with Gasteiger partial charge in [-0.05, 0) is 30.2 Å². The molecule has 0 fully saturated rings. The minimum Gasteiger partial charge on any atom is -0.331 e. The molecule has 5 heteroatoms. The van der Waals surface area contributed by atoms with Crippen LogP contribution in [0.3, 0.4) is 0 Å². The molecule has 0 aliphatic rings. The topological polar surface area (TPSA) is 59.3 Å². The largest absolute Gasteiger partial charge is 0.331 e. The predicted molar refractivity (Wildman–Crippen MR) is 91.3 cm³/mol. The molecule has 0 unspecified atom stereocenters. The molecule has 1 amide bonds. The Morgan fingerprint density at radius 1 is 1.22 bits per heavy atom. The summed E-state index contributed by atoms with van der Waals surface area (Å²) in [6.45, 7) is 2.00. The smallest absolute Gasteiger partial charge is 0.247 e. The Kier molecular flexibility index (Phi) is 4.19. The van der Waals surface area contributed by atoms with Gasteiger partial charge in [0.1, 0.15) is 5.82 Å². The Morgan fingerprint density at radius 3 is 2.74 bits per heavy atom. The molecule has 0 bridgehead atoms. The van der Waals surface area contributed by atoms with E-state index in [1.165, 1.54) is 0 Å². The van der Waals surface area contributed by atoms with E-state index in [1.807, 2.05) is 67.1 Å². The Hall–Kier alpha value is -2.95. The third kappa shape index (κ3) is 3.29. The van der Waals surface area contributed by atoms with Gasteiger partial charge in [-0.25, -0.2) is 10.4 Å². The Morgan fingerprint density at radius 2 is 1.96 bits per heavy atom. The number of aromatic nitrogens is 2. The number of carbonyl (C=O) groups is 1. The van der Waals surface area contributed by atoms with E-state index in [1.54, 1.807) is 6.21 Å². The molecule has 0 atom stereocenters. The second-order valence-corrected chi connectivity index (χ2v) is 5.40. The van der Waals surface area contributed by atoms with Gasteiger partial charge in [-0.2, -0.15) is 5.10 Å². The second-order valence-electron chi connectivity index (χ2n) is 5.40. The number of rotatable bonds is 4. The van der Waals surface area contributed by atoms with Crippen LogP contribution in [0.15, 0.2) is 53.6 Å². The molecule has 0 saturated carbocycles. The molecule has 0 radical (unpaired) electrons. The monoisotopic (exact) mass is 306 g/mol. The molecule has 5 nitrogen and oxygen atoms in total. The van der Waals surface area contributed by atoms with E-state index in [2.05, 4.69) is 15.5 Å². The highest BCUT2D eigenvalue weighted by Gasteiger charge is 2.10. The highest BCUT2D eigenvalue weighted by Crippen LogP contribution is 2.14. The zero-order valence-corrected chi connectivity index (χ0v) is 13.2. The first kappa shape index (κ1) is 15.0. The van der Waals surface area contributed by atoms with E-state index in [9.17, 15) is 4.79 Å². The van der Waals surface area contributed by atoms with Gasteiger partial charge < -0.3 is 4.57 Å². The van der Waals surface area contributed by atoms with Crippen molar-refractivity contribution in [3.8, 4) is 0 Å². The van der Waals surface area contributed by atoms with Crippen LogP contribution in [-0.2, 0) is 18.3 Å². The maximum Gasteiger partial charge on any atom is 0.247 e. The highest BCUT2D eigenvalue weighted by atomic mass is 16.2. The number of hydrogen-bond acceptors (Lipinski definition) is 3. The summed E-state index contributed by atoms with van der Waals surface area (Å²) in [5.74, 6) is 0.531. The normalized spacial score (nSPS) is 11.2. The van der Waals surface area contributed by atoms with Gasteiger partial charge in [-0.1, -0.05) is 36.4 Å². The quantitative estimate of drug-likeness (QED) is 0.595. The molecule has 116 valence electrons. The van der Waals surface area contributed by atoms with E-state index < -0.39 is 0 Å². The first-order valence-electron chi connectivity index (χ1n) is 7.43. The van der Waals surface area contributed by atoms with E-state index in [0.717, 1.165) is 28.0 Å². The van der Waals surface area contributed by atoms with E-state index in [4.69, 9.17) is 0 Å². The van der Waals surface area contributed by atoms with E-state index >= 15 is 0 Å². The second kappa shape index (κ2) is 6.44. The number of hydrazone groups is 1. The van der Waals surface area contributed by atoms with Crippen LogP contribution in [0.4, 0.5) is 0 Å². The summed E-state index contributed by atoms with van der Waals surface area (Å²) in [4.78, 5) is 16.5. The van der Waals surface area contributed by atoms with Crippen molar-refractivity contribution in [1.82, 2.24) is 15.0 Å². The first-order chi connectivity index (χ1) is 11.1. The van der Waals surface area contributed by atoms with Crippen LogP contribution >= 0.6 is 0 Å². The molecule has 3 rings (SSSR count). The fourth-order valence-electron chi connectivity index (χ4n) is 2.44. The summed E-state index contributed by atoms with van der Waals surface area (Å²) in [7, 11) is 1.91. The lowest BCUT2D eigenvalue weighted by atomic mass is 10.1. The number of amides is 1. The van der Waals surface area contributed by atoms with Crippen molar-refractivity contribution < 1.29 is 4.79 Å². The zero-order valence-electron chi connectivity index (χ0n) is 13.2. The summed E-state index contributed by atoms with van der Waals surface area (Å²) >= 11 is 0. The Bertz CT molecular complexity index is 880. The highest BCUT2D eigenvalue weighted by molar-refractivity contribution is 5.84. The van der Waals surface area contributed by atoms with Gasteiger partial charge in [0.2, 0.25) is 5.91 Å². The predicted octanol–water partition coefficient (Wildman–Crippen LogP) is 2.57. The lowest BCUT2D eigenvalue weighted by Crippen LogP contribution is -2.21. The van der Waals surface area contributed by atoms with Crippen LogP contribution in [-0.4, -0.2) is 21.7 Å². The van der Waals surface area contributed by atoms with Crippen LogP contribution in [0, 0.1) is 6.92 Å². The minimum absolute atomic E-state index is 0.187. The SMILES string of the molecule is Cc1ccccc1/C=N/NC(=O)Cc1nc2ccccc2n1C. The fraction of sp³-hybridized carbons (Fsp3) is 0.167. The van der Waals surface area contributed by atoms with Crippen molar-refractivity contribution in [3.05, 3.63) is 65.5 Å². The molecule has 0 aliphatic carbocycles. The molecule has 0 saturated heterocycles. The number of benzene rings is 2. The van der Waals surface area contributed by atoms with E-state index in [0.29, 0.717) is 0 Å². The summed E-state index contributed by atoms with van der Waals surface area (Å²) in [6.07, 6.45) is 1.85. The van der Waals surface area contributed by atoms with Gasteiger partial charge in [0.05, 0.1) is 23.7 Å². The molecular formula is C18H18N4O. The van der Waals surface area contributed by atoms with Gasteiger partial charge in [0.15, 0.2) is 0 Å². The number of nitrogens with one attached hydrogen (secondary N) is 1. The molecule has 2 aromatic carbocycles. The lowest BCUT2D eigenvalue weighted by Gasteiger charge is -2.02. The van der Waals surface area contributed by atoms with Crippen LogP contribution in [0.25, 0.3) is 11.0 Å². The minimum atomic E-state index is -0.187. The number of fused-ring (bicyclic) bond motifs is 1. The molecule has 1 N–H and O–H groups in total. The molecule has 0 spiro atoms. The summed E-state index contributed by atoms with van der Waals surface area (Å²) in [5, 5.41) is 4.02. The van der Waals surface area contributed by atoms with Crippen molar-refractivity contribution in [1.29, 1.82) is 0 Å². The van der Waals surface area contributed by atoms with Crippen LogP contribution in [0.1, 0.15) is 17.0 Å². The lowest BCUT2D eigenvalue weighted by molar-refractivity contribution is -0.120. The third-order valence-corrected chi connectivity index (χ3v) is 3.78. The van der Waals surface area contributed by atoms with Crippen molar-refractivity contribution in [2.24, 2.45) is 12.1 Å². The molecular weight excluding hydrogens is 288 g/mol. The standard InChI is InChI=1S/C18H18N4O/c1-13-7-3-4-8-14(13)12-19-21-18(23)11-17-20-15-9-5-6-10-16(15)22(17)2/h3-10,12H,11H2,1-2H3,(H,21,23)/b19-12+. The van der Waals surface area contributed by atoms with Gasteiger partial charge in [0.25, 0.3) is 0 Å². The molecule has 0 aliphatic heterocycles. The molecule has 1 aromatic heterocycles. The van der Waals surface area contributed by atoms with Crippen molar-refractivity contribution in [2.75, 3.05) is 0 Å². The molecule has 23 heavy (non-hydrogen) atoms. The van der Waals surface area contributed by atoms with Crippen LogP contribution in [0.5, 0.6) is 0 Å². The summed E-state index contributed by atoms with van der Waals surface area (Å²) in [5.41, 5.74) is 6.55. The van der Waals surface area contributed by atoms with Crippen molar-refractivity contribution >= 4 is 23.2 Å². The number of para-hydroxylation sites is 2. The van der Waals surface area contributed by atoms with Crippen LogP contribution < -0.4 is 5.43 Å². The number of carbonyl (C=O) groups excluding carboxylic acids is 1. The summed E-state index contributed by atoms with van der Waals surface area (Å²) < 4.78 is 1.93. The average Bonchev–Trinajstić information content (AvgIpc) is 2.86. The number of hydrogen-bond donors (Lipinski definition) is 1. The van der Waals surface area contributed by atoms with E-state index in [-0.39, 0.29) is 12.3 Å². The molecule has 3 aromatic rings. The summed E-state index contributed by atoms with van der Waals surface area (Å²) in [6, 6.07) is 15.7. The number of nitrogens with zero attached hydrogens (tertiary/aromatic N) is 3. The average molecular weight is 306 g/mol. The van der Waals surface area contributed by atoms with Crippen molar-refractivity contribution in [2.45, 2.75) is 13.3 Å². The molecule has 1 heterocycles. The van der Waals surface area contributed by atoms with Gasteiger partial charge in [-0.15, -0.1) is 0 Å².